The summed E-state index contributed by atoms with van der Waals surface area (Å²) in [5.74, 6) is -1.53. The Balaban J connectivity index is 1.83. The number of carbonyl (C=O) groups excluding carboxylic acids is 1. The fourth-order valence-corrected chi connectivity index (χ4v) is 4.85. The monoisotopic (exact) mass is 452 g/mol. The van der Waals surface area contributed by atoms with E-state index in [1.54, 1.807) is 28.8 Å². The number of hydrogen-bond acceptors (Lipinski definition) is 6. The van der Waals surface area contributed by atoms with Gasteiger partial charge in [0.05, 0.1) is 12.5 Å². The van der Waals surface area contributed by atoms with Gasteiger partial charge in [-0.3, -0.25) is 19.3 Å². The zero-order chi connectivity index (χ0) is 23.0. The van der Waals surface area contributed by atoms with Crippen LogP contribution < -0.4 is 4.74 Å². The summed E-state index contributed by atoms with van der Waals surface area (Å²) in [4.78, 5) is 38.3. The molecule has 1 aromatic carbocycles. The Morgan fingerprint density at radius 3 is 2.16 bits per heavy atom. The van der Waals surface area contributed by atoms with E-state index in [4.69, 9.17) is 9.84 Å². The number of ether oxygens (including phenoxy) is 1. The van der Waals surface area contributed by atoms with Gasteiger partial charge in [-0.2, -0.15) is 11.8 Å². The van der Waals surface area contributed by atoms with Crippen LogP contribution in [0.15, 0.2) is 24.3 Å². The predicted octanol–water partition coefficient (Wildman–Crippen LogP) is 1.93. The van der Waals surface area contributed by atoms with Crippen molar-refractivity contribution >= 4 is 29.6 Å². The Morgan fingerprint density at radius 2 is 1.68 bits per heavy atom. The lowest BCUT2D eigenvalue weighted by molar-refractivity contribution is -0.143. The van der Waals surface area contributed by atoms with Crippen LogP contribution in [0.1, 0.15) is 19.4 Å². The molecule has 0 saturated carbocycles. The molecule has 1 amide bonds. The summed E-state index contributed by atoms with van der Waals surface area (Å²) in [5.41, 5.74) is 1.03. The molecule has 31 heavy (non-hydrogen) atoms. The number of nitrogens with zero attached hydrogens (tertiary/aromatic N) is 2. The first-order chi connectivity index (χ1) is 14.7. The van der Waals surface area contributed by atoms with Crippen molar-refractivity contribution in [2.75, 3.05) is 45.6 Å². The number of hydrogen-bond donors (Lipinski definition) is 2. The van der Waals surface area contributed by atoms with Crippen LogP contribution in [0.4, 0.5) is 0 Å². The second-order valence-electron chi connectivity index (χ2n) is 8.07. The van der Waals surface area contributed by atoms with Crippen LogP contribution in [0.25, 0.3) is 0 Å². The Hall–Kier alpha value is -2.26. The van der Waals surface area contributed by atoms with Crippen LogP contribution in [0, 0.1) is 11.8 Å². The first kappa shape index (κ1) is 25.0. The van der Waals surface area contributed by atoms with Gasteiger partial charge in [-0.25, -0.2) is 0 Å². The number of amides is 1. The van der Waals surface area contributed by atoms with Gasteiger partial charge >= 0.3 is 11.9 Å². The second kappa shape index (κ2) is 12.0. The standard InChI is InChI=1S/C22H32N2O6S/c1-15(2)21(22(28)29)18(31-3)12-16-4-6-17(7-5-16)30-14-19(25)24-10-8-23(9-11-24)13-20(26)27/h4-7,15,18,21H,8-14H2,1-3H3,(H,26,27)(H,28,29). The molecule has 8 nitrogen and oxygen atoms in total. The molecule has 0 radical (unpaired) electrons. The average molecular weight is 453 g/mol. The molecule has 1 aliphatic rings. The maximum Gasteiger partial charge on any atom is 0.317 e. The summed E-state index contributed by atoms with van der Waals surface area (Å²) in [6.07, 6.45) is 2.59. The van der Waals surface area contributed by atoms with Crippen molar-refractivity contribution in [1.82, 2.24) is 9.80 Å². The average Bonchev–Trinajstić information content (AvgIpc) is 2.72. The second-order valence-corrected chi connectivity index (χ2v) is 9.15. The maximum atomic E-state index is 12.4. The SMILES string of the molecule is CSC(Cc1ccc(OCC(=O)N2CCN(CC(=O)O)CC2)cc1)C(C(=O)O)C(C)C. The first-order valence-electron chi connectivity index (χ1n) is 10.4. The zero-order valence-electron chi connectivity index (χ0n) is 18.3. The van der Waals surface area contributed by atoms with Crippen molar-refractivity contribution in [3.8, 4) is 5.75 Å². The van der Waals surface area contributed by atoms with Crippen LogP contribution in [-0.2, 0) is 20.8 Å². The highest BCUT2D eigenvalue weighted by Crippen LogP contribution is 2.28. The third-order valence-corrected chi connectivity index (χ3v) is 6.58. The molecule has 2 atom stereocenters. The molecule has 9 heteroatoms. The number of benzene rings is 1. The summed E-state index contributed by atoms with van der Waals surface area (Å²) in [6.45, 7) is 5.85. The van der Waals surface area contributed by atoms with Gasteiger partial charge in [0.2, 0.25) is 0 Å². The number of piperazine rings is 1. The van der Waals surface area contributed by atoms with E-state index in [1.165, 1.54) is 0 Å². The summed E-state index contributed by atoms with van der Waals surface area (Å²) in [7, 11) is 0. The highest BCUT2D eigenvalue weighted by atomic mass is 32.2. The van der Waals surface area contributed by atoms with E-state index >= 15 is 0 Å². The Kier molecular flexibility index (Phi) is 9.64. The fourth-order valence-electron chi connectivity index (χ4n) is 3.77. The van der Waals surface area contributed by atoms with E-state index in [2.05, 4.69) is 0 Å². The van der Waals surface area contributed by atoms with Crippen LogP contribution >= 0.6 is 11.8 Å². The number of carboxylic acid groups (broad SMARTS) is 2. The van der Waals surface area contributed by atoms with Crippen LogP contribution in [0.5, 0.6) is 5.75 Å². The predicted molar refractivity (Wildman–Crippen MR) is 120 cm³/mol. The van der Waals surface area contributed by atoms with Gasteiger partial charge in [0.25, 0.3) is 5.91 Å². The minimum absolute atomic E-state index is 0.00729. The quantitative estimate of drug-likeness (QED) is 0.524. The van der Waals surface area contributed by atoms with E-state index in [-0.39, 0.29) is 30.2 Å². The largest absolute Gasteiger partial charge is 0.484 e. The smallest absolute Gasteiger partial charge is 0.317 e. The zero-order valence-corrected chi connectivity index (χ0v) is 19.1. The van der Waals surface area contributed by atoms with Crippen molar-refractivity contribution < 1.29 is 29.3 Å². The molecular weight excluding hydrogens is 420 g/mol. The summed E-state index contributed by atoms with van der Waals surface area (Å²) in [6, 6.07) is 7.42. The van der Waals surface area contributed by atoms with Crippen molar-refractivity contribution in [1.29, 1.82) is 0 Å². The molecule has 1 aromatic rings. The lowest BCUT2D eigenvalue weighted by atomic mass is 9.89. The number of carboxylic acids is 2. The third kappa shape index (κ3) is 7.74. The summed E-state index contributed by atoms with van der Waals surface area (Å²) >= 11 is 1.57. The van der Waals surface area contributed by atoms with Crippen molar-refractivity contribution in [2.24, 2.45) is 11.8 Å². The number of aliphatic carboxylic acids is 2. The van der Waals surface area contributed by atoms with Crippen LogP contribution in [0.3, 0.4) is 0 Å². The summed E-state index contributed by atoms with van der Waals surface area (Å²) < 4.78 is 5.62. The van der Waals surface area contributed by atoms with Gasteiger partial charge in [0.1, 0.15) is 5.75 Å². The van der Waals surface area contributed by atoms with Gasteiger partial charge in [-0.1, -0.05) is 26.0 Å². The molecule has 2 unspecified atom stereocenters. The molecule has 0 aromatic heterocycles. The van der Waals surface area contributed by atoms with Gasteiger partial charge < -0.3 is 19.8 Å². The molecule has 0 spiro atoms. The van der Waals surface area contributed by atoms with Crippen LogP contribution in [0.2, 0.25) is 0 Å². The van der Waals surface area contributed by atoms with Gasteiger partial charge in [-0.05, 0) is 36.3 Å². The topological polar surface area (TPSA) is 107 Å². The van der Waals surface area contributed by atoms with E-state index in [0.29, 0.717) is 38.3 Å². The normalized spacial score (nSPS) is 16.7. The molecule has 1 fully saturated rings. The highest BCUT2D eigenvalue weighted by molar-refractivity contribution is 7.99. The van der Waals surface area contributed by atoms with Crippen molar-refractivity contribution in [3.63, 3.8) is 0 Å². The van der Waals surface area contributed by atoms with E-state index in [1.807, 2.05) is 37.1 Å². The van der Waals surface area contributed by atoms with Gasteiger partial charge in [0, 0.05) is 31.4 Å². The van der Waals surface area contributed by atoms with Crippen LogP contribution in [-0.4, -0.2) is 88.7 Å². The molecule has 2 N–H and O–H groups in total. The van der Waals surface area contributed by atoms with E-state index in [9.17, 15) is 19.5 Å². The molecule has 1 saturated heterocycles. The van der Waals surface area contributed by atoms with Crippen molar-refractivity contribution in [2.45, 2.75) is 25.5 Å². The number of rotatable bonds is 11. The molecule has 1 heterocycles. The Bertz CT molecular complexity index is 747. The molecule has 172 valence electrons. The van der Waals surface area contributed by atoms with E-state index in [0.717, 1.165) is 5.56 Å². The Labute approximate surface area is 187 Å². The fraction of sp³-hybridized carbons (Fsp3) is 0.591. The molecule has 2 rings (SSSR count). The van der Waals surface area contributed by atoms with Crippen molar-refractivity contribution in [3.05, 3.63) is 29.8 Å². The molecule has 0 aliphatic carbocycles. The lowest BCUT2D eigenvalue weighted by Gasteiger charge is -2.33. The van der Waals surface area contributed by atoms with Gasteiger partial charge in [-0.15, -0.1) is 0 Å². The number of thioether (sulfide) groups is 1. The molecular formula is C22H32N2O6S. The lowest BCUT2D eigenvalue weighted by Crippen LogP contribution is -2.51. The van der Waals surface area contributed by atoms with E-state index < -0.39 is 17.9 Å². The Morgan fingerprint density at radius 1 is 1.06 bits per heavy atom. The number of carbonyl (C=O) groups is 3. The highest BCUT2D eigenvalue weighted by Gasteiger charge is 2.30. The maximum absolute atomic E-state index is 12.4. The molecule has 1 aliphatic heterocycles. The minimum atomic E-state index is -0.863. The van der Waals surface area contributed by atoms with Gasteiger partial charge in [0.15, 0.2) is 6.61 Å². The first-order valence-corrected chi connectivity index (χ1v) is 11.7. The third-order valence-electron chi connectivity index (χ3n) is 5.51. The molecule has 0 bridgehead atoms. The minimum Gasteiger partial charge on any atom is -0.484 e. The summed E-state index contributed by atoms with van der Waals surface area (Å²) in [5, 5.41) is 18.4.